The van der Waals surface area contributed by atoms with Gasteiger partial charge in [-0.3, -0.25) is 4.79 Å². The molecule has 18 heavy (non-hydrogen) atoms. The van der Waals surface area contributed by atoms with Crippen LogP contribution >= 0.6 is 11.6 Å². The molecule has 0 spiro atoms. The zero-order valence-corrected chi connectivity index (χ0v) is 10.6. The number of halogens is 1. The molecule has 4 nitrogen and oxygen atoms in total. The summed E-state index contributed by atoms with van der Waals surface area (Å²) in [4.78, 5) is 11.7. The number of aryl methyl sites for hydroxylation is 1. The van der Waals surface area contributed by atoms with Crippen molar-refractivity contribution < 1.29 is 4.79 Å². The lowest BCUT2D eigenvalue weighted by Crippen LogP contribution is -2.17. The second-order valence-corrected chi connectivity index (χ2v) is 4.19. The maximum Gasteiger partial charge on any atom is 0.271 e. The van der Waals surface area contributed by atoms with E-state index in [0.29, 0.717) is 10.6 Å². The maximum atomic E-state index is 11.7. The van der Waals surface area contributed by atoms with E-state index in [1.54, 1.807) is 30.5 Å². The molecule has 2 rings (SSSR count). The number of nitrogens with zero attached hydrogens (tertiary/aromatic N) is 2. The monoisotopic (exact) mass is 261 g/mol. The molecule has 0 aliphatic carbocycles. The molecule has 0 unspecified atom stereocenters. The van der Waals surface area contributed by atoms with Crippen LogP contribution in [-0.4, -0.2) is 16.7 Å². The lowest BCUT2D eigenvalue weighted by molar-refractivity contribution is 0.0955. The molecule has 0 atom stereocenters. The quantitative estimate of drug-likeness (QED) is 0.669. The highest BCUT2D eigenvalue weighted by Gasteiger charge is 2.03. The standard InChI is InChI=1S/C13H12ClN3O/c1-17-7-3-6-12(17)9-15-16-13(18)10-4-2-5-11(14)8-10/h2-9H,1H3,(H,16,18)/b15-9-. The number of amides is 1. The third-order valence-corrected chi connectivity index (χ3v) is 2.67. The van der Waals surface area contributed by atoms with Gasteiger partial charge in [-0.2, -0.15) is 5.10 Å². The summed E-state index contributed by atoms with van der Waals surface area (Å²) in [5.74, 6) is -0.289. The van der Waals surface area contributed by atoms with Crippen molar-refractivity contribution in [3.8, 4) is 0 Å². The lowest BCUT2D eigenvalue weighted by atomic mass is 10.2. The fourth-order valence-electron chi connectivity index (χ4n) is 1.46. The average Bonchev–Trinajstić information content (AvgIpc) is 2.75. The average molecular weight is 262 g/mol. The van der Waals surface area contributed by atoms with Crippen LogP contribution in [0.2, 0.25) is 5.02 Å². The maximum absolute atomic E-state index is 11.7. The largest absolute Gasteiger partial charge is 0.350 e. The number of aromatic nitrogens is 1. The smallest absolute Gasteiger partial charge is 0.271 e. The van der Waals surface area contributed by atoms with Crippen LogP contribution in [-0.2, 0) is 7.05 Å². The van der Waals surface area contributed by atoms with Crippen molar-refractivity contribution in [2.45, 2.75) is 0 Å². The second-order valence-electron chi connectivity index (χ2n) is 3.75. The first-order valence-electron chi connectivity index (χ1n) is 5.37. The first-order valence-corrected chi connectivity index (χ1v) is 5.75. The van der Waals surface area contributed by atoms with Crippen LogP contribution in [0.25, 0.3) is 0 Å². The first kappa shape index (κ1) is 12.4. The van der Waals surface area contributed by atoms with E-state index < -0.39 is 0 Å². The third kappa shape index (κ3) is 2.99. The molecule has 0 aliphatic rings. The summed E-state index contributed by atoms with van der Waals surface area (Å²) in [6.45, 7) is 0. The van der Waals surface area contributed by atoms with Gasteiger partial charge < -0.3 is 4.57 Å². The Kier molecular flexibility index (Phi) is 3.79. The van der Waals surface area contributed by atoms with E-state index in [1.165, 1.54) is 0 Å². The molecule has 0 saturated carbocycles. The molecular formula is C13H12ClN3O. The van der Waals surface area contributed by atoms with Crippen molar-refractivity contribution in [3.63, 3.8) is 0 Å². The summed E-state index contributed by atoms with van der Waals surface area (Å²) >= 11 is 5.80. The van der Waals surface area contributed by atoms with Crippen LogP contribution in [0.1, 0.15) is 16.1 Å². The molecule has 0 bridgehead atoms. The molecule has 1 N–H and O–H groups in total. The molecule has 0 saturated heterocycles. The van der Waals surface area contributed by atoms with Crippen LogP contribution in [0.3, 0.4) is 0 Å². The van der Waals surface area contributed by atoms with E-state index in [1.807, 2.05) is 29.9 Å². The van der Waals surface area contributed by atoms with Crippen molar-refractivity contribution >= 4 is 23.7 Å². The fraction of sp³-hybridized carbons (Fsp3) is 0.0769. The second kappa shape index (κ2) is 5.51. The van der Waals surface area contributed by atoms with E-state index >= 15 is 0 Å². The molecule has 92 valence electrons. The molecule has 0 fully saturated rings. The third-order valence-electron chi connectivity index (χ3n) is 2.43. The van der Waals surface area contributed by atoms with Crippen LogP contribution < -0.4 is 5.43 Å². The van der Waals surface area contributed by atoms with Crippen LogP contribution in [0.15, 0.2) is 47.7 Å². The highest BCUT2D eigenvalue weighted by Crippen LogP contribution is 2.10. The Hall–Kier alpha value is -2.07. The number of nitrogens with one attached hydrogen (secondary N) is 1. The molecule has 1 amide bonds. The van der Waals surface area contributed by atoms with Gasteiger partial charge in [-0.25, -0.2) is 5.43 Å². The van der Waals surface area contributed by atoms with Gasteiger partial charge in [0.15, 0.2) is 0 Å². The number of hydrazone groups is 1. The molecule has 1 aromatic heterocycles. The van der Waals surface area contributed by atoms with Gasteiger partial charge in [0.05, 0.1) is 11.9 Å². The van der Waals surface area contributed by atoms with E-state index in [0.717, 1.165) is 5.69 Å². The Bertz CT molecular complexity index is 589. The fourth-order valence-corrected chi connectivity index (χ4v) is 1.65. The van der Waals surface area contributed by atoms with Gasteiger partial charge in [0.2, 0.25) is 0 Å². The summed E-state index contributed by atoms with van der Waals surface area (Å²) in [6.07, 6.45) is 3.49. The minimum atomic E-state index is -0.289. The van der Waals surface area contributed by atoms with Gasteiger partial charge in [-0.15, -0.1) is 0 Å². The van der Waals surface area contributed by atoms with Gasteiger partial charge in [-0.05, 0) is 30.3 Å². The molecule has 2 aromatic rings. The van der Waals surface area contributed by atoms with Crippen molar-refractivity contribution in [1.82, 2.24) is 9.99 Å². The SMILES string of the molecule is Cn1cccc1/C=N\NC(=O)c1cccc(Cl)c1. The highest BCUT2D eigenvalue weighted by molar-refractivity contribution is 6.30. The minimum Gasteiger partial charge on any atom is -0.350 e. The normalized spacial score (nSPS) is 10.8. The van der Waals surface area contributed by atoms with Gasteiger partial charge in [0.1, 0.15) is 0 Å². The van der Waals surface area contributed by atoms with Gasteiger partial charge in [0.25, 0.3) is 5.91 Å². The Labute approximate surface area is 110 Å². The summed E-state index contributed by atoms with van der Waals surface area (Å²) in [5.41, 5.74) is 3.83. The van der Waals surface area contributed by atoms with Crippen molar-refractivity contribution in [3.05, 3.63) is 58.9 Å². The predicted octanol–water partition coefficient (Wildman–Crippen LogP) is 2.44. The molecule has 0 aliphatic heterocycles. The van der Waals surface area contributed by atoms with Crippen LogP contribution in [0.5, 0.6) is 0 Å². The van der Waals surface area contributed by atoms with Crippen molar-refractivity contribution in [2.75, 3.05) is 0 Å². The lowest BCUT2D eigenvalue weighted by Gasteiger charge is -2.00. The number of hydrogen-bond acceptors (Lipinski definition) is 2. The topological polar surface area (TPSA) is 46.4 Å². The van der Waals surface area contributed by atoms with E-state index in [2.05, 4.69) is 10.5 Å². The Morgan fingerprint density at radius 1 is 1.39 bits per heavy atom. The molecule has 1 aromatic carbocycles. The zero-order chi connectivity index (χ0) is 13.0. The van der Waals surface area contributed by atoms with E-state index in [9.17, 15) is 4.79 Å². The first-order chi connectivity index (χ1) is 8.66. The van der Waals surface area contributed by atoms with Gasteiger partial charge in [0, 0.05) is 23.8 Å². The number of hydrogen-bond donors (Lipinski definition) is 1. The van der Waals surface area contributed by atoms with E-state index in [-0.39, 0.29) is 5.91 Å². The number of benzene rings is 1. The molecular weight excluding hydrogens is 250 g/mol. The van der Waals surface area contributed by atoms with Crippen LogP contribution in [0, 0.1) is 0 Å². The van der Waals surface area contributed by atoms with Crippen molar-refractivity contribution in [1.29, 1.82) is 0 Å². The Morgan fingerprint density at radius 2 is 2.22 bits per heavy atom. The van der Waals surface area contributed by atoms with Gasteiger partial charge in [-0.1, -0.05) is 17.7 Å². The summed E-state index contributed by atoms with van der Waals surface area (Å²) < 4.78 is 1.90. The number of rotatable bonds is 3. The Balaban J connectivity index is 2.01. The van der Waals surface area contributed by atoms with Crippen LogP contribution in [0.4, 0.5) is 0 Å². The molecule has 0 radical (unpaired) electrons. The molecule has 5 heteroatoms. The van der Waals surface area contributed by atoms with Crippen molar-refractivity contribution in [2.24, 2.45) is 12.1 Å². The number of carbonyl (C=O) groups excluding carboxylic acids is 1. The summed E-state index contributed by atoms with van der Waals surface area (Å²) in [6, 6.07) is 10.5. The minimum absolute atomic E-state index is 0.289. The Morgan fingerprint density at radius 3 is 2.89 bits per heavy atom. The summed E-state index contributed by atoms with van der Waals surface area (Å²) in [7, 11) is 1.90. The van der Waals surface area contributed by atoms with E-state index in [4.69, 9.17) is 11.6 Å². The highest BCUT2D eigenvalue weighted by atomic mass is 35.5. The molecule has 1 heterocycles. The zero-order valence-electron chi connectivity index (χ0n) is 9.80. The number of carbonyl (C=O) groups is 1. The predicted molar refractivity (Wildman–Crippen MR) is 71.9 cm³/mol. The van der Waals surface area contributed by atoms with Gasteiger partial charge >= 0.3 is 0 Å². The summed E-state index contributed by atoms with van der Waals surface area (Å²) in [5, 5.41) is 4.41.